The Morgan fingerprint density at radius 1 is 1.50 bits per heavy atom. The first kappa shape index (κ1) is 5.30. The molecule has 0 amide bonds. The van der Waals surface area contributed by atoms with Crippen molar-refractivity contribution in [2.45, 2.75) is 0 Å². The van der Waals surface area contributed by atoms with Crippen LogP contribution in [0.15, 0.2) is 17.4 Å². The molecule has 0 radical (unpaired) electrons. The number of quaternary nitrogens is 1. The van der Waals surface area contributed by atoms with Crippen LogP contribution in [0.1, 0.15) is 0 Å². The highest BCUT2D eigenvalue weighted by molar-refractivity contribution is 5.66. The van der Waals surface area contributed by atoms with E-state index >= 15 is 0 Å². The molecule has 0 bridgehead atoms. The largest absolute Gasteiger partial charge is 0.475 e. The molecule has 0 aromatic carbocycles. The minimum absolute atomic E-state index is 0.343. The van der Waals surface area contributed by atoms with Gasteiger partial charge in [-0.3, -0.25) is 0 Å². The predicted molar refractivity (Wildman–Crippen MR) is 20.2 cm³/mol. The van der Waals surface area contributed by atoms with Crippen LogP contribution in [0.25, 0.3) is 0 Å². The van der Waals surface area contributed by atoms with E-state index < -0.39 is 11.0 Å². The molecule has 0 unspecified atom stereocenters. The van der Waals surface area contributed by atoms with Gasteiger partial charge < -0.3 is 0 Å². The van der Waals surface area contributed by atoms with Crippen LogP contribution in [0, 0.1) is 0 Å². The van der Waals surface area contributed by atoms with Crippen molar-refractivity contribution in [3.05, 3.63) is 12.4 Å². The predicted octanol–water partition coefficient (Wildman–Crippen LogP) is 1.38. The lowest BCUT2D eigenvalue weighted by atomic mass is 10.9. The summed E-state index contributed by atoms with van der Waals surface area (Å²) in [7, 11) is 0. The Hall–Kier alpha value is -0.840. The van der Waals surface area contributed by atoms with Gasteiger partial charge in [-0.15, -0.1) is 4.39 Å². The third kappa shape index (κ3) is 0.604. The maximum Gasteiger partial charge on any atom is 0.475 e. The Labute approximate surface area is 43.0 Å². The number of hydrogen-bond donors (Lipinski definition) is 0. The van der Waals surface area contributed by atoms with Crippen LogP contribution in [0.2, 0.25) is 0 Å². The molecule has 0 aliphatic carbocycles. The molecule has 0 aromatic heterocycles. The van der Waals surface area contributed by atoms with Crippen LogP contribution in [-0.4, -0.2) is 11.0 Å². The van der Waals surface area contributed by atoms with Gasteiger partial charge in [-0.25, -0.2) is 0 Å². The fourth-order valence-corrected chi connectivity index (χ4v) is 0.317. The Morgan fingerprint density at radius 2 is 2.12 bits per heavy atom. The second-order valence-corrected chi connectivity index (χ2v) is 1.25. The van der Waals surface area contributed by atoms with Crippen molar-refractivity contribution < 1.29 is 18.3 Å². The van der Waals surface area contributed by atoms with Crippen molar-refractivity contribution in [3.8, 4) is 0 Å². The maximum atomic E-state index is 11.7. The van der Waals surface area contributed by atoms with Crippen molar-refractivity contribution in [3.63, 3.8) is 0 Å². The lowest BCUT2D eigenvalue weighted by Crippen LogP contribution is -2.24. The van der Waals surface area contributed by atoms with Gasteiger partial charge in [0.05, 0.1) is 15.2 Å². The van der Waals surface area contributed by atoms with Gasteiger partial charge in [0, 0.05) is 0 Å². The van der Waals surface area contributed by atoms with E-state index in [1.807, 2.05) is 0 Å². The molecule has 0 N–H and O–H groups in total. The number of amidine groups is 1. The van der Waals surface area contributed by atoms with Gasteiger partial charge >= 0.3 is 6.09 Å². The summed E-state index contributed by atoms with van der Waals surface area (Å²) in [6.07, 6.45) is -0.630. The van der Waals surface area contributed by atoms with E-state index in [1.54, 1.807) is 0 Å². The molecule has 44 valence electrons. The van der Waals surface area contributed by atoms with Gasteiger partial charge in [0.1, 0.15) is 0 Å². The quantitative estimate of drug-likeness (QED) is 0.341. The molecule has 2 nitrogen and oxygen atoms in total. The summed E-state index contributed by atoms with van der Waals surface area (Å²) in [4.78, 5) is -0.181. The van der Waals surface area contributed by atoms with Crippen LogP contribution < -0.4 is 0 Å². The zero-order chi connectivity index (χ0) is 6.20. The Balaban J connectivity index is 2.87. The van der Waals surface area contributed by atoms with Crippen molar-refractivity contribution in [1.29, 1.82) is 0 Å². The Bertz CT molecular complexity index is 160. The second-order valence-electron chi connectivity index (χ2n) is 1.25. The average Bonchev–Trinajstić information content (AvgIpc) is 1.86. The molecule has 0 saturated heterocycles. The minimum Gasteiger partial charge on any atom is -0.164 e. The summed E-state index contributed by atoms with van der Waals surface area (Å²) < 4.78 is 35.0. The Morgan fingerprint density at radius 3 is 2.25 bits per heavy atom. The highest BCUT2D eigenvalue weighted by Gasteiger charge is 2.40. The van der Waals surface area contributed by atoms with Gasteiger partial charge in [-0.2, -0.15) is 4.99 Å². The zero-order valence-corrected chi connectivity index (χ0v) is 3.68. The Kier molecular flexibility index (Phi) is 0.872. The number of hydrogen-bond acceptors (Lipinski definition) is 1. The first-order valence-corrected chi connectivity index (χ1v) is 1.82. The highest BCUT2D eigenvalue weighted by atomic mass is 19.4. The van der Waals surface area contributed by atoms with Crippen LogP contribution in [0.3, 0.4) is 0 Å². The van der Waals surface area contributed by atoms with Crippen LogP contribution in [0.4, 0.5) is 13.4 Å². The molecule has 1 heterocycles. The third-order valence-electron chi connectivity index (χ3n) is 0.681. The first-order chi connectivity index (χ1) is 3.63. The third-order valence-corrected chi connectivity index (χ3v) is 0.681. The molecule has 1 aliphatic rings. The van der Waals surface area contributed by atoms with Crippen LogP contribution in [-0.2, 0) is 0 Å². The summed E-state index contributed by atoms with van der Waals surface area (Å²) in [5.41, 5.74) is 0. The van der Waals surface area contributed by atoms with E-state index in [4.69, 9.17) is 0 Å². The van der Waals surface area contributed by atoms with E-state index in [-0.39, 0.29) is 0 Å². The van der Waals surface area contributed by atoms with Crippen molar-refractivity contribution in [2.75, 3.05) is 0 Å². The van der Waals surface area contributed by atoms with E-state index in [9.17, 15) is 13.4 Å². The van der Waals surface area contributed by atoms with Gasteiger partial charge in [0.15, 0.2) is 4.93 Å². The van der Waals surface area contributed by atoms with E-state index in [2.05, 4.69) is 4.99 Å². The number of aliphatic imine (C=N–C) groups is 1. The number of rotatable bonds is 0. The average molecular weight is 123 g/mol. The zero-order valence-electron chi connectivity index (χ0n) is 3.68. The minimum atomic E-state index is -2.86. The molecule has 1 aliphatic heterocycles. The maximum absolute atomic E-state index is 11.7. The van der Waals surface area contributed by atoms with E-state index in [0.717, 1.165) is 6.20 Å². The summed E-state index contributed by atoms with van der Waals surface area (Å²) in [6, 6.07) is 0. The van der Waals surface area contributed by atoms with Gasteiger partial charge in [0.2, 0.25) is 6.20 Å². The van der Waals surface area contributed by atoms with Gasteiger partial charge in [-0.05, 0) is 0 Å². The molecule has 0 spiro atoms. The molecular weight excluding hydrogens is 121 g/mol. The van der Waals surface area contributed by atoms with Crippen molar-refractivity contribution in [2.24, 2.45) is 4.99 Å². The normalized spacial score (nSPS) is 23.6. The van der Waals surface area contributed by atoms with E-state index in [0.29, 0.717) is 6.20 Å². The summed E-state index contributed by atoms with van der Waals surface area (Å²) in [6.45, 7) is 0. The molecule has 0 aromatic rings. The monoisotopic (exact) mass is 123 g/mol. The molecular formula is C3H2F3N2+. The van der Waals surface area contributed by atoms with Crippen molar-refractivity contribution in [1.82, 2.24) is 0 Å². The second kappa shape index (κ2) is 1.32. The molecule has 0 fully saturated rings. The van der Waals surface area contributed by atoms with E-state index in [1.165, 1.54) is 0 Å². The molecule has 0 atom stereocenters. The standard InChI is InChI=1S/C3H2F3N2/c4-3-7-1-2-8(3,5)6/h1-2H/q+1. The summed E-state index contributed by atoms with van der Waals surface area (Å²) in [5, 5.41) is 0. The lowest BCUT2D eigenvalue weighted by Gasteiger charge is -1.94. The summed E-state index contributed by atoms with van der Waals surface area (Å²) in [5.74, 6) is 0. The number of halogens is 3. The molecule has 8 heavy (non-hydrogen) atoms. The fraction of sp³-hybridized carbons (Fsp3) is 0. The van der Waals surface area contributed by atoms with Crippen LogP contribution >= 0.6 is 0 Å². The first-order valence-electron chi connectivity index (χ1n) is 1.82. The van der Waals surface area contributed by atoms with Gasteiger partial charge in [0.25, 0.3) is 0 Å². The van der Waals surface area contributed by atoms with Gasteiger partial charge in [-0.1, -0.05) is 0 Å². The van der Waals surface area contributed by atoms with Crippen molar-refractivity contribution >= 4 is 6.09 Å². The topological polar surface area (TPSA) is 12.4 Å². The highest BCUT2D eigenvalue weighted by Crippen LogP contribution is 2.18. The molecule has 5 heteroatoms. The molecule has 1 rings (SSSR count). The molecule has 0 saturated carbocycles. The number of nitrogens with zero attached hydrogens (tertiary/aromatic N) is 2. The fourth-order valence-electron chi connectivity index (χ4n) is 0.317. The SMILES string of the molecule is FC1=NC=C[N+]1(F)F. The summed E-state index contributed by atoms with van der Waals surface area (Å²) >= 11 is 0. The smallest absolute Gasteiger partial charge is 0.164 e. The van der Waals surface area contributed by atoms with Crippen LogP contribution in [0.5, 0.6) is 0 Å². The lowest BCUT2D eigenvalue weighted by molar-refractivity contribution is -1.06.